The maximum atomic E-state index is 6.31. The van der Waals surface area contributed by atoms with E-state index in [9.17, 15) is 0 Å². The molecule has 2 aromatic rings. The lowest BCUT2D eigenvalue weighted by Crippen LogP contribution is -2.15. The van der Waals surface area contributed by atoms with E-state index in [0.29, 0.717) is 0 Å². The third-order valence-electron chi connectivity index (χ3n) is 6.19. The summed E-state index contributed by atoms with van der Waals surface area (Å²) in [4.78, 5) is 0. The quantitative estimate of drug-likeness (QED) is 0.442. The minimum Gasteiger partial charge on any atom is -0.116 e. The van der Waals surface area contributed by atoms with Gasteiger partial charge in [-0.05, 0) is 51.8 Å². The van der Waals surface area contributed by atoms with Crippen molar-refractivity contribution >= 4 is 43.0 Å². The standard InChI is InChI=1S/C22H23B4Cl/c1-4-17(23)20(25)21(26)18(24)10-12-6-5-7-15-19(12)14-9-8-13(27)11-16(14)22(15,2)3/h1,5-9,11H,10,23-26H2,2-3H3/b20-17-,21-18-. The van der Waals surface area contributed by atoms with Crippen LogP contribution < -0.4 is 0 Å². The van der Waals surface area contributed by atoms with Gasteiger partial charge in [0.25, 0.3) is 0 Å². The summed E-state index contributed by atoms with van der Waals surface area (Å²) in [5, 5.41) is 0.800. The summed E-state index contributed by atoms with van der Waals surface area (Å²) in [7, 11) is 8.51. The number of halogens is 1. The molecule has 27 heavy (non-hydrogen) atoms. The summed E-state index contributed by atoms with van der Waals surface area (Å²) >= 11 is 6.31. The highest BCUT2D eigenvalue weighted by Crippen LogP contribution is 2.50. The fourth-order valence-corrected chi connectivity index (χ4v) is 4.28. The lowest BCUT2D eigenvalue weighted by Gasteiger charge is -2.22. The molecule has 0 unspecified atom stereocenters. The van der Waals surface area contributed by atoms with Crippen molar-refractivity contribution in [3.05, 3.63) is 80.0 Å². The van der Waals surface area contributed by atoms with Gasteiger partial charge in [-0.2, -0.15) is 0 Å². The molecule has 0 fully saturated rings. The van der Waals surface area contributed by atoms with Gasteiger partial charge in [0.2, 0.25) is 0 Å². The molecule has 0 spiro atoms. The SMILES string of the molecule is B/C(C#C)=C(B)/C(B)=C(/B)Cc1cccc2c1-c1ccc(Cl)cc1C2(C)C. The van der Waals surface area contributed by atoms with Crippen molar-refractivity contribution in [3.8, 4) is 23.5 Å². The minimum absolute atomic E-state index is 0.0336. The summed E-state index contributed by atoms with van der Waals surface area (Å²) in [6.45, 7) is 4.57. The van der Waals surface area contributed by atoms with E-state index in [0.717, 1.165) is 16.9 Å². The summed E-state index contributed by atoms with van der Waals surface area (Å²) in [6.07, 6.45) is 6.51. The lowest BCUT2D eigenvalue weighted by atomic mass is 9.65. The average molecular weight is 366 g/mol. The third kappa shape index (κ3) is 3.35. The van der Waals surface area contributed by atoms with Gasteiger partial charge in [0.05, 0.1) is 0 Å². The molecular formula is C22H23B4Cl. The number of rotatable bonds is 3. The van der Waals surface area contributed by atoms with Crippen molar-refractivity contribution in [2.75, 3.05) is 0 Å². The molecule has 0 radical (unpaired) electrons. The molecular weight excluding hydrogens is 343 g/mol. The molecule has 0 aliphatic heterocycles. The van der Waals surface area contributed by atoms with Crippen LogP contribution >= 0.6 is 11.6 Å². The molecule has 1 aliphatic carbocycles. The lowest BCUT2D eigenvalue weighted by molar-refractivity contribution is 0.660. The van der Waals surface area contributed by atoms with Crippen LogP contribution in [0.3, 0.4) is 0 Å². The normalized spacial score (nSPS) is 15.9. The van der Waals surface area contributed by atoms with Crippen LogP contribution in [0.5, 0.6) is 0 Å². The number of allylic oxidation sites excluding steroid dienone is 4. The molecule has 0 amide bonds. The molecule has 0 nitrogen and oxygen atoms in total. The van der Waals surface area contributed by atoms with E-state index in [1.54, 1.807) is 0 Å². The van der Waals surface area contributed by atoms with Gasteiger partial charge < -0.3 is 0 Å². The van der Waals surface area contributed by atoms with E-state index in [2.05, 4.69) is 73.6 Å². The van der Waals surface area contributed by atoms with E-state index >= 15 is 0 Å². The molecule has 0 N–H and O–H groups in total. The Labute approximate surface area is 172 Å². The van der Waals surface area contributed by atoms with Crippen molar-refractivity contribution < 1.29 is 0 Å². The van der Waals surface area contributed by atoms with Crippen LogP contribution in [0.4, 0.5) is 0 Å². The highest BCUT2D eigenvalue weighted by molar-refractivity contribution is 6.44. The predicted octanol–water partition coefficient (Wildman–Crippen LogP) is 1.78. The zero-order chi connectivity index (χ0) is 19.9. The van der Waals surface area contributed by atoms with E-state index in [1.807, 2.05) is 13.9 Å². The number of benzene rings is 2. The molecule has 0 aromatic heterocycles. The maximum absolute atomic E-state index is 6.31. The fraction of sp³-hybridized carbons (Fsp3) is 0.182. The largest absolute Gasteiger partial charge is 0.149 e. The van der Waals surface area contributed by atoms with E-state index in [1.165, 1.54) is 44.2 Å². The summed E-state index contributed by atoms with van der Waals surface area (Å²) < 4.78 is 0. The Kier molecular flexibility index (Phi) is 5.29. The third-order valence-corrected chi connectivity index (χ3v) is 6.42. The number of terminal acetylenes is 1. The number of fused-ring (bicyclic) bond motifs is 3. The summed E-state index contributed by atoms with van der Waals surface area (Å²) in [5.41, 5.74) is 11.6. The summed E-state index contributed by atoms with van der Waals surface area (Å²) in [5.74, 6) is 2.77. The van der Waals surface area contributed by atoms with E-state index in [-0.39, 0.29) is 5.41 Å². The highest BCUT2D eigenvalue weighted by Gasteiger charge is 2.36. The van der Waals surface area contributed by atoms with Gasteiger partial charge in [-0.25, -0.2) is 0 Å². The zero-order valence-electron chi connectivity index (χ0n) is 17.1. The van der Waals surface area contributed by atoms with Crippen LogP contribution in [0.15, 0.2) is 58.3 Å². The topological polar surface area (TPSA) is 0 Å². The van der Waals surface area contributed by atoms with Gasteiger partial charge in [-0.1, -0.05) is 61.1 Å². The van der Waals surface area contributed by atoms with Gasteiger partial charge in [0, 0.05) is 10.4 Å². The Hall–Kier alpha value is -1.97. The molecule has 130 valence electrons. The molecule has 0 bridgehead atoms. The van der Waals surface area contributed by atoms with Crippen LogP contribution in [0.25, 0.3) is 11.1 Å². The zero-order valence-corrected chi connectivity index (χ0v) is 17.9. The Morgan fingerprint density at radius 2 is 1.74 bits per heavy atom. The maximum Gasteiger partial charge on any atom is 0.149 e. The summed E-state index contributed by atoms with van der Waals surface area (Å²) in [6, 6.07) is 13.0. The van der Waals surface area contributed by atoms with Crippen LogP contribution in [-0.2, 0) is 11.8 Å². The first kappa shape index (κ1) is 19.8. The van der Waals surface area contributed by atoms with Crippen LogP contribution in [0.1, 0.15) is 30.5 Å². The van der Waals surface area contributed by atoms with Gasteiger partial charge in [0.15, 0.2) is 0 Å². The van der Waals surface area contributed by atoms with Crippen LogP contribution in [-0.4, -0.2) is 31.4 Å². The number of hydrogen-bond donors (Lipinski definition) is 0. The van der Waals surface area contributed by atoms with Crippen molar-refractivity contribution in [3.63, 3.8) is 0 Å². The second-order valence-electron chi connectivity index (χ2n) is 8.13. The molecule has 3 rings (SSSR count). The first-order chi connectivity index (χ1) is 12.7. The Balaban J connectivity index is 2.14. The van der Waals surface area contributed by atoms with Gasteiger partial charge in [0.1, 0.15) is 31.4 Å². The number of hydrogen-bond acceptors (Lipinski definition) is 0. The first-order valence-corrected chi connectivity index (χ1v) is 9.79. The van der Waals surface area contributed by atoms with E-state index in [4.69, 9.17) is 18.0 Å². The molecule has 5 heteroatoms. The molecule has 1 aliphatic rings. The van der Waals surface area contributed by atoms with Crippen LogP contribution in [0, 0.1) is 12.3 Å². The molecule has 0 saturated heterocycles. The van der Waals surface area contributed by atoms with E-state index < -0.39 is 0 Å². The Morgan fingerprint density at radius 1 is 1.04 bits per heavy atom. The van der Waals surface area contributed by atoms with Crippen molar-refractivity contribution in [1.82, 2.24) is 0 Å². The average Bonchev–Trinajstić information content (AvgIpc) is 2.88. The fourth-order valence-electron chi connectivity index (χ4n) is 4.11. The Bertz CT molecular complexity index is 1040. The highest BCUT2D eigenvalue weighted by atomic mass is 35.5. The molecule has 2 aromatic carbocycles. The second kappa shape index (κ2) is 7.21. The van der Waals surface area contributed by atoms with Gasteiger partial charge in [-0.3, -0.25) is 0 Å². The predicted molar refractivity (Wildman–Crippen MR) is 130 cm³/mol. The molecule has 0 heterocycles. The van der Waals surface area contributed by atoms with Crippen molar-refractivity contribution in [2.45, 2.75) is 25.7 Å². The van der Waals surface area contributed by atoms with Crippen molar-refractivity contribution in [2.24, 2.45) is 0 Å². The Morgan fingerprint density at radius 3 is 2.41 bits per heavy atom. The second-order valence-corrected chi connectivity index (χ2v) is 8.57. The smallest absolute Gasteiger partial charge is 0.116 e. The van der Waals surface area contributed by atoms with Crippen LogP contribution in [0.2, 0.25) is 5.02 Å². The van der Waals surface area contributed by atoms with Crippen molar-refractivity contribution in [1.29, 1.82) is 0 Å². The first-order valence-electron chi connectivity index (χ1n) is 9.42. The monoisotopic (exact) mass is 366 g/mol. The minimum atomic E-state index is -0.0336. The molecule has 0 saturated carbocycles. The molecule has 0 atom stereocenters. The van der Waals surface area contributed by atoms with Gasteiger partial charge in [-0.15, -0.1) is 17.4 Å². The van der Waals surface area contributed by atoms with Gasteiger partial charge >= 0.3 is 0 Å².